The van der Waals surface area contributed by atoms with Crippen molar-refractivity contribution in [1.29, 1.82) is 0 Å². The highest BCUT2D eigenvalue weighted by Gasteiger charge is 2.21. The molecule has 2 aromatic rings. The zero-order valence-corrected chi connectivity index (χ0v) is 16.7. The monoisotopic (exact) mass is 392 g/mol. The zero-order valence-electron chi connectivity index (χ0n) is 16.7. The lowest BCUT2D eigenvalue weighted by Crippen LogP contribution is -2.48. The Morgan fingerprint density at radius 3 is 2.52 bits per heavy atom. The highest BCUT2D eigenvalue weighted by molar-refractivity contribution is 5.94. The van der Waals surface area contributed by atoms with Gasteiger partial charge in [-0.25, -0.2) is 0 Å². The van der Waals surface area contributed by atoms with Crippen molar-refractivity contribution >= 4 is 17.9 Å². The number of unbranched alkanes of at least 4 members (excludes halogenated alkanes) is 1. The lowest BCUT2D eigenvalue weighted by atomic mass is 10.2. The molecule has 1 aliphatic heterocycles. The molecule has 1 fully saturated rings. The van der Waals surface area contributed by atoms with E-state index in [0.29, 0.717) is 6.54 Å². The first-order valence-electron chi connectivity index (χ1n) is 10.1. The first kappa shape index (κ1) is 20.7. The standard InChI is InChI=1S/C23H28N4O2/c28-22(11-10-20-7-6-12-24-19-20)25-13-4-5-14-26-15-17-27(18-16-26)23(29)21-8-2-1-3-9-21/h1-3,6-12,19H,4-5,13-18H2,(H,25,28)/b11-10+. The van der Waals surface area contributed by atoms with Crippen LogP contribution in [0, 0.1) is 0 Å². The molecule has 29 heavy (non-hydrogen) atoms. The number of hydrogen-bond donors (Lipinski definition) is 1. The van der Waals surface area contributed by atoms with E-state index in [0.717, 1.165) is 56.7 Å². The molecule has 1 aromatic heterocycles. The van der Waals surface area contributed by atoms with Crippen molar-refractivity contribution in [3.63, 3.8) is 0 Å². The summed E-state index contributed by atoms with van der Waals surface area (Å²) >= 11 is 0. The van der Waals surface area contributed by atoms with Crippen molar-refractivity contribution in [2.24, 2.45) is 0 Å². The number of carbonyl (C=O) groups is 2. The quantitative estimate of drug-likeness (QED) is 0.554. The maximum atomic E-state index is 12.5. The summed E-state index contributed by atoms with van der Waals surface area (Å²) in [7, 11) is 0. The number of pyridine rings is 1. The van der Waals surface area contributed by atoms with Crippen molar-refractivity contribution in [2.75, 3.05) is 39.3 Å². The van der Waals surface area contributed by atoms with E-state index in [2.05, 4.69) is 15.2 Å². The summed E-state index contributed by atoms with van der Waals surface area (Å²) in [5.41, 5.74) is 1.67. The summed E-state index contributed by atoms with van der Waals surface area (Å²) in [5, 5.41) is 2.91. The summed E-state index contributed by atoms with van der Waals surface area (Å²) in [6.07, 6.45) is 8.70. The Hall–Kier alpha value is -2.99. The Morgan fingerprint density at radius 1 is 1.00 bits per heavy atom. The van der Waals surface area contributed by atoms with Crippen molar-refractivity contribution < 1.29 is 9.59 Å². The number of rotatable bonds is 8. The number of piperazine rings is 1. The van der Waals surface area contributed by atoms with E-state index in [1.807, 2.05) is 47.4 Å². The van der Waals surface area contributed by atoms with Gasteiger partial charge in [-0.2, -0.15) is 0 Å². The van der Waals surface area contributed by atoms with Gasteiger partial charge >= 0.3 is 0 Å². The summed E-state index contributed by atoms with van der Waals surface area (Å²) in [4.78, 5) is 32.6. The van der Waals surface area contributed by atoms with E-state index >= 15 is 0 Å². The van der Waals surface area contributed by atoms with Crippen LogP contribution < -0.4 is 5.32 Å². The predicted molar refractivity (Wildman–Crippen MR) is 114 cm³/mol. The van der Waals surface area contributed by atoms with Crippen LogP contribution in [0.25, 0.3) is 6.08 Å². The molecule has 2 amide bonds. The summed E-state index contributed by atoms with van der Waals surface area (Å²) in [6.45, 7) is 5.00. The van der Waals surface area contributed by atoms with E-state index in [1.165, 1.54) is 0 Å². The average Bonchev–Trinajstić information content (AvgIpc) is 2.79. The molecule has 1 N–H and O–H groups in total. The fraction of sp³-hybridized carbons (Fsp3) is 0.348. The van der Waals surface area contributed by atoms with Crippen molar-refractivity contribution in [2.45, 2.75) is 12.8 Å². The van der Waals surface area contributed by atoms with Gasteiger partial charge in [0.25, 0.3) is 5.91 Å². The summed E-state index contributed by atoms with van der Waals surface area (Å²) in [6, 6.07) is 13.2. The van der Waals surface area contributed by atoms with E-state index in [9.17, 15) is 9.59 Å². The number of carbonyl (C=O) groups excluding carboxylic acids is 2. The second kappa shape index (κ2) is 11.1. The maximum Gasteiger partial charge on any atom is 0.253 e. The lowest BCUT2D eigenvalue weighted by Gasteiger charge is -2.34. The van der Waals surface area contributed by atoms with E-state index < -0.39 is 0 Å². The second-order valence-electron chi connectivity index (χ2n) is 7.12. The van der Waals surface area contributed by atoms with E-state index in [-0.39, 0.29) is 11.8 Å². The third-order valence-electron chi connectivity index (χ3n) is 4.99. The summed E-state index contributed by atoms with van der Waals surface area (Å²) < 4.78 is 0. The molecular weight excluding hydrogens is 364 g/mol. The molecule has 0 aliphatic carbocycles. The number of nitrogens with one attached hydrogen (secondary N) is 1. The normalized spacial score (nSPS) is 14.8. The van der Waals surface area contributed by atoms with Gasteiger partial charge in [0.1, 0.15) is 0 Å². The van der Waals surface area contributed by atoms with Crippen LogP contribution in [0.2, 0.25) is 0 Å². The number of amides is 2. The topological polar surface area (TPSA) is 65.5 Å². The van der Waals surface area contributed by atoms with Crippen LogP contribution >= 0.6 is 0 Å². The fourth-order valence-electron chi connectivity index (χ4n) is 3.32. The minimum Gasteiger partial charge on any atom is -0.353 e. The molecule has 6 heteroatoms. The minimum absolute atomic E-state index is 0.0816. The highest BCUT2D eigenvalue weighted by Crippen LogP contribution is 2.09. The molecule has 1 aliphatic rings. The molecule has 6 nitrogen and oxygen atoms in total. The highest BCUT2D eigenvalue weighted by atomic mass is 16.2. The SMILES string of the molecule is O=C(/C=C/c1cccnc1)NCCCCN1CCN(C(=O)c2ccccc2)CC1. The first-order chi connectivity index (χ1) is 14.2. The molecule has 0 spiro atoms. The van der Waals surface area contributed by atoms with Gasteiger partial charge in [-0.05, 0) is 49.2 Å². The Morgan fingerprint density at radius 2 is 1.79 bits per heavy atom. The molecule has 1 saturated heterocycles. The third-order valence-corrected chi connectivity index (χ3v) is 4.99. The maximum absolute atomic E-state index is 12.5. The van der Waals surface area contributed by atoms with Crippen molar-refractivity contribution in [3.05, 3.63) is 72.1 Å². The van der Waals surface area contributed by atoms with Crippen LogP contribution in [0.4, 0.5) is 0 Å². The van der Waals surface area contributed by atoms with Gasteiger partial charge in [0, 0.05) is 56.8 Å². The number of aromatic nitrogens is 1. The van der Waals surface area contributed by atoms with Gasteiger partial charge in [0.2, 0.25) is 5.91 Å². The third kappa shape index (κ3) is 6.84. The molecule has 3 rings (SSSR count). The van der Waals surface area contributed by atoms with Gasteiger partial charge in [-0.15, -0.1) is 0 Å². The Bertz CT molecular complexity index is 800. The molecule has 2 heterocycles. The Labute approximate surface area is 172 Å². The fourth-order valence-corrected chi connectivity index (χ4v) is 3.32. The van der Waals surface area contributed by atoms with Gasteiger partial charge in [0.15, 0.2) is 0 Å². The van der Waals surface area contributed by atoms with Gasteiger partial charge in [0.05, 0.1) is 0 Å². The van der Waals surface area contributed by atoms with E-state index in [1.54, 1.807) is 24.5 Å². The predicted octanol–water partition coefficient (Wildman–Crippen LogP) is 2.45. The van der Waals surface area contributed by atoms with E-state index in [4.69, 9.17) is 0 Å². The molecule has 0 unspecified atom stereocenters. The average molecular weight is 393 g/mol. The van der Waals surface area contributed by atoms with Crippen LogP contribution in [0.5, 0.6) is 0 Å². The first-order valence-corrected chi connectivity index (χ1v) is 10.1. The summed E-state index contributed by atoms with van der Waals surface area (Å²) in [5.74, 6) is 0.0363. The Balaban J connectivity index is 1.27. The number of nitrogens with zero attached hydrogens (tertiary/aromatic N) is 3. The zero-order chi connectivity index (χ0) is 20.3. The van der Waals surface area contributed by atoms with Crippen LogP contribution in [-0.4, -0.2) is 65.9 Å². The number of benzene rings is 1. The van der Waals surface area contributed by atoms with Crippen molar-refractivity contribution in [1.82, 2.24) is 20.1 Å². The van der Waals surface area contributed by atoms with Crippen molar-refractivity contribution in [3.8, 4) is 0 Å². The van der Waals surface area contributed by atoms with Gasteiger partial charge in [-0.1, -0.05) is 24.3 Å². The number of hydrogen-bond acceptors (Lipinski definition) is 4. The smallest absolute Gasteiger partial charge is 0.253 e. The van der Waals surface area contributed by atoms with Crippen LogP contribution in [0.15, 0.2) is 60.9 Å². The van der Waals surface area contributed by atoms with Crippen LogP contribution in [0.1, 0.15) is 28.8 Å². The van der Waals surface area contributed by atoms with Crippen LogP contribution in [-0.2, 0) is 4.79 Å². The molecule has 0 bridgehead atoms. The molecule has 0 atom stereocenters. The lowest BCUT2D eigenvalue weighted by molar-refractivity contribution is -0.116. The molecule has 1 aromatic carbocycles. The van der Waals surface area contributed by atoms with Gasteiger partial charge < -0.3 is 10.2 Å². The Kier molecular flexibility index (Phi) is 7.95. The molecule has 152 valence electrons. The molecular formula is C23H28N4O2. The second-order valence-corrected chi connectivity index (χ2v) is 7.12. The molecule has 0 radical (unpaired) electrons. The molecule has 0 saturated carbocycles. The van der Waals surface area contributed by atoms with Gasteiger partial charge in [-0.3, -0.25) is 19.5 Å². The van der Waals surface area contributed by atoms with Crippen LogP contribution in [0.3, 0.4) is 0 Å². The minimum atomic E-state index is -0.0816. The largest absolute Gasteiger partial charge is 0.353 e.